The first-order valence-corrected chi connectivity index (χ1v) is 11.1. The number of morpholine rings is 1. The van der Waals surface area contributed by atoms with Crippen molar-refractivity contribution in [3.05, 3.63) is 59.9 Å². The van der Waals surface area contributed by atoms with Crippen molar-refractivity contribution in [1.29, 1.82) is 0 Å². The highest BCUT2D eigenvalue weighted by atomic mass is 19.1. The van der Waals surface area contributed by atoms with E-state index in [2.05, 4.69) is 30.6 Å². The predicted octanol–water partition coefficient (Wildman–Crippen LogP) is 2.05. The largest absolute Gasteiger partial charge is 0.379 e. The standard InChI is InChI=1S/C23H26FN7O/c24-18-7-5-17(6-8-18)21-27-22-25-15-29(10-9-28-11-13-32-14-12-28)16-30(22)23-26-19-3-1-2-4-20(19)31(21)23/h1-8,21H,9-16H2,(H,25,27). The molecule has 6 rings (SSSR count). The quantitative estimate of drug-likeness (QED) is 0.677. The van der Waals surface area contributed by atoms with Crippen LogP contribution in [0.4, 0.5) is 10.3 Å². The van der Waals surface area contributed by atoms with Gasteiger partial charge in [0.2, 0.25) is 11.9 Å². The van der Waals surface area contributed by atoms with Crippen molar-refractivity contribution in [1.82, 2.24) is 24.7 Å². The van der Waals surface area contributed by atoms with Crippen LogP contribution >= 0.6 is 0 Å². The van der Waals surface area contributed by atoms with E-state index in [9.17, 15) is 4.39 Å². The molecular formula is C23H26FN7O. The van der Waals surface area contributed by atoms with Crippen LogP contribution in [-0.4, -0.2) is 78.0 Å². The van der Waals surface area contributed by atoms with Crippen molar-refractivity contribution in [3.63, 3.8) is 0 Å². The highest BCUT2D eigenvalue weighted by molar-refractivity contribution is 5.98. The Morgan fingerprint density at radius 3 is 2.62 bits per heavy atom. The van der Waals surface area contributed by atoms with Crippen molar-refractivity contribution in [2.24, 2.45) is 4.99 Å². The van der Waals surface area contributed by atoms with Gasteiger partial charge in [0.15, 0.2) is 0 Å². The Morgan fingerprint density at radius 1 is 1.00 bits per heavy atom. The summed E-state index contributed by atoms with van der Waals surface area (Å²) >= 11 is 0. The number of aliphatic imine (C=N–C) groups is 1. The molecular weight excluding hydrogens is 409 g/mol. The molecule has 1 N–H and O–H groups in total. The molecule has 3 aromatic rings. The average Bonchev–Trinajstić information content (AvgIpc) is 3.23. The highest BCUT2D eigenvalue weighted by Gasteiger charge is 2.35. The second-order valence-corrected chi connectivity index (χ2v) is 8.41. The third kappa shape index (κ3) is 3.52. The minimum absolute atomic E-state index is 0.201. The summed E-state index contributed by atoms with van der Waals surface area (Å²) in [6.07, 6.45) is -0.201. The van der Waals surface area contributed by atoms with E-state index >= 15 is 0 Å². The number of nitrogens with one attached hydrogen (secondary N) is 1. The van der Waals surface area contributed by atoms with Crippen LogP contribution in [0.5, 0.6) is 0 Å². The summed E-state index contributed by atoms with van der Waals surface area (Å²) in [7, 11) is 0. The Bertz CT molecular complexity index is 1140. The molecule has 2 aromatic carbocycles. The van der Waals surface area contributed by atoms with Crippen molar-refractivity contribution < 1.29 is 9.13 Å². The van der Waals surface area contributed by atoms with Crippen LogP contribution in [0.3, 0.4) is 0 Å². The first kappa shape index (κ1) is 19.7. The number of anilines is 1. The molecule has 9 heteroatoms. The topological polar surface area (TPSA) is 61.2 Å². The number of benzene rings is 2. The Labute approximate surface area is 185 Å². The van der Waals surface area contributed by atoms with E-state index in [1.54, 1.807) is 0 Å². The molecule has 1 atom stereocenters. The fourth-order valence-electron chi connectivity index (χ4n) is 4.64. The van der Waals surface area contributed by atoms with Gasteiger partial charge in [-0.05, 0) is 29.8 Å². The lowest BCUT2D eigenvalue weighted by atomic mass is 10.1. The van der Waals surface area contributed by atoms with Gasteiger partial charge in [-0.25, -0.2) is 14.4 Å². The van der Waals surface area contributed by atoms with Gasteiger partial charge in [0.25, 0.3) is 0 Å². The van der Waals surface area contributed by atoms with E-state index in [0.29, 0.717) is 6.67 Å². The van der Waals surface area contributed by atoms with E-state index in [0.717, 1.165) is 74.6 Å². The first-order valence-electron chi connectivity index (χ1n) is 11.1. The van der Waals surface area contributed by atoms with Gasteiger partial charge in [0.1, 0.15) is 12.0 Å². The summed E-state index contributed by atoms with van der Waals surface area (Å²) < 4.78 is 21.2. The number of rotatable bonds is 4. The molecule has 8 nitrogen and oxygen atoms in total. The fraction of sp³-hybridized carbons (Fsp3) is 0.391. The molecule has 0 saturated carbocycles. The Morgan fingerprint density at radius 2 is 1.78 bits per heavy atom. The number of halogens is 1. The molecule has 166 valence electrons. The Kier molecular flexibility index (Phi) is 5.01. The number of fused-ring (bicyclic) bond motifs is 5. The number of ether oxygens (including phenoxy) is 1. The Hall–Kier alpha value is -3.01. The third-order valence-corrected chi connectivity index (χ3v) is 6.38. The molecule has 0 bridgehead atoms. The third-order valence-electron chi connectivity index (χ3n) is 6.38. The fourth-order valence-corrected chi connectivity index (χ4v) is 4.64. The summed E-state index contributed by atoms with van der Waals surface area (Å²) in [4.78, 5) is 16.7. The van der Waals surface area contributed by atoms with Crippen LogP contribution in [0.1, 0.15) is 11.7 Å². The minimum atomic E-state index is -0.243. The maximum Gasteiger partial charge on any atom is 0.216 e. The predicted molar refractivity (Wildman–Crippen MR) is 121 cm³/mol. The zero-order valence-electron chi connectivity index (χ0n) is 17.8. The Balaban J connectivity index is 1.32. The van der Waals surface area contributed by atoms with Crippen LogP contribution in [0, 0.1) is 5.82 Å². The van der Waals surface area contributed by atoms with Crippen LogP contribution in [-0.2, 0) is 4.74 Å². The molecule has 1 fully saturated rings. The summed E-state index contributed by atoms with van der Waals surface area (Å²) in [5, 5.41) is 3.57. The van der Waals surface area contributed by atoms with Crippen molar-refractivity contribution in [3.8, 4) is 0 Å². The van der Waals surface area contributed by atoms with Crippen LogP contribution in [0.2, 0.25) is 0 Å². The van der Waals surface area contributed by atoms with Gasteiger partial charge in [-0.15, -0.1) is 0 Å². The number of imidazole rings is 1. The van der Waals surface area contributed by atoms with Gasteiger partial charge in [-0.2, -0.15) is 0 Å². The van der Waals surface area contributed by atoms with Gasteiger partial charge in [0, 0.05) is 26.2 Å². The number of hydrogen-bond donors (Lipinski definition) is 1. The first-order chi connectivity index (χ1) is 15.8. The normalized spacial score (nSPS) is 21.7. The minimum Gasteiger partial charge on any atom is -0.379 e. The number of hydrogen-bond acceptors (Lipinski definition) is 7. The summed E-state index contributed by atoms with van der Waals surface area (Å²) in [5.74, 6) is 1.42. The lowest BCUT2D eigenvalue weighted by molar-refractivity contribution is 0.0334. The maximum absolute atomic E-state index is 13.6. The molecule has 4 heterocycles. The summed E-state index contributed by atoms with van der Waals surface area (Å²) in [6, 6.07) is 14.8. The van der Waals surface area contributed by atoms with E-state index in [4.69, 9.17) is 14.7 Å². The van der Waals surface area contributed by atoms with E-state index in [1.807, 2.05) is 30.3 Å². The molecule has 32 heavy (non-hydrogen) atoms. The number of aromatic nitrogens is 2. The van der Waals surface area contributed by atoms with Crippen molar-refractivity contribution >= 4 is 22.9 Å². The van der Waals surface area contributed by atoms with Crippen molar-refractivity contribution in [2.45, 2.75) is 6.17 Å². The monoisotopic (exact) mass is 435 g/mol. The zero-order chi connectivity index (χ0) is 21.5. The second kappa shape index (κ2) is 8.16. The van der Waals surface area contributed by atoms with Gasteiger partial charge >= 0.3 is 0 Å². The SMILES string of the molecule is Fc1ccc(C2NC3=NCN(CCN4CCOCC4)CN3c3nc4ccccc4n32)cc1. The van der Waals surface area contributed by atoms with Crippen LogP contribution in [0.15, 0.2) is 53.5 Å². The van der Waals surface area contributed by atoms with E-state index in [-0.39, 0.29) is 12.0 Å². The summed E-state index contributed by atoms with van der Waals surface area (Å²) in [5.41, 5.74) is 2.94. The lowest BCUT2D eigenvalue weighted by Crippen LogP contribution is -2.58. The molecule has 3 aliphatic heterocycles. The van der Waals surface area contributed by atoms with Gasteiger partial charge in [-0.3, -0.25) is 19.3 Å². The average molecular weight is 436 g/mol. The van der Waals surface area contributed by atoms with Crippen LogP contribution in [0.25, 0.3) is 11.0 Å². The van der Waals surface area contributed by atoms with Gasteiger partial charge in [0.05, 0.1) is 37.6 Å². The lowest BCUT2D eigenvalue weighted by Gasteiger charge is -2.42. The maximum atomic E-state index is 13.6. The molecule has 1 unspecified atom stereocenters. The molecule has 0 aliphatic carbocycles. The zero-order valence-corrected chi connectivity index (χ0v) is 17.8. The number of nitrogens with zero attached hydrogens (tertiary/aromatic N) is 6. The van der Waals surface area contributed by atoms with Gasteiger partial charge < -0.3 is 10.1 Å². The number of para-hydroxylation sites is 2. The van der Waals surface area contributed by atoms with Crippen LogP contribution < -0.4 is 10.2 Å². The highest BCUT2D eigenvalue weighted by Crippen LogP contribution is 2.33. The molecule has 0 radical (unpaired) electrons. The van der Waals surface area contributed by atoms with Gasteiger partial charge in [-0.1, -0.05) is 24.3 Å². The molecule has 1 aromatic heterocycles. The number of guanidine groups is 1. The molecule has 3 aliphatic rings. The molecule has 1 saturated heterocycles. The molecule has 0 amide bonds. The second-order valence-electron chi connectivity index (χ2n) is 8.41. The van der Waals surface area contributed by atoms with E-state index < -0.39 is 0 Å². The van der Waals surface area contributed by atoms with E-state index in [1.165, 1.54) is 12.1 Å². The summed E-state index contributed by atoms with van der Waals surface area (Å²) in [6.45, 7) is 6.90. The molecule has 0 spiro atoms. The van der Waals surface area contributed by atoms with Crippen molar-refractivity contribution in [2.75, 3.05) is 57.6 Å². The smallest absolute Gasteiger partial charge is 0.216 e.